The summed E-state index contributed by atoms with van der Waals surface area (Å²) in [5.41, 5.74) is 2.06. The third-order valence-electron chi connectivity index (χ3n) is 3.81. The average molecular weight is 341 g/mol. The number of benzene rings is 2. The fourth-order valence-electron chi connectivity index (χ4n) is 2.36. The fraction of sp³-hybridized carbons (Fsp3) is 0.278. The Balaban J connectivity index is 1.51. The molecule has 0 bridgehead atoms. The molecule has 0 aliphatic heterocycles. The van der Waals surface area contributed by atoms with E-state index in [9.17, 15) is 4.39 Å². The van der Waals surface area contributed by atoms with E-state index in [1.807, 2.05) is 24.3 Å². The largest absolute Gasteiger partial charge is 0.489 e. The lowest BCUT2D eigenvalue weighted by atomic mass is 10.1. The molecule has 3 aromatic rings. The van der Waals surface area contributed by atoms with Gasteiger partial charge in [0, 0.05) is 6.04 Å². The lowest BCUT2D eigenvalue weighted by Crippen LogP contribution is -2.19. The lowest BCUT2D eigenvalue weighted by Gasteiger charge is -2.14. The van der Waals surface area contributed by atoms with Crippen LogP contribution >= 0.6 is 0 Å². The first kappa shape index (κ1) is 17.0. The van der Waals surface area contributed by atoms with Crippen molar-refractivity contribution in [2.45, 2.75) is 26.1 Å². The van der Waals surface area contributed by atoms with Crippen LogP contribution in [0.2, 0.25) is 0 Å². The van der Waals surface area contributed by atoms with Gasteiger partial charge >= 0.3 is 0 Å². The van der Waals surface area contributed by atoms with Gasteiger partial charge in [0.15, 0.2) is 5.82 Å². The van der Waals surface area contributed by atoms with E-state index >= 15 is 0 Å². The number of ether oxygens (including phenoxy) is 1. The molecule has 3 rings (SSSR count). The summed E-state index contributed by atoms with van der Waals surface area (Å²) in [6, 6.07) is 14.3. The van der Waals surface area contributed by atoms with Crippen LogP contribution in [0.5, 0.6) is 5.75 Å². The predicted octanol–water partition coefficient (Wildman–Crippen LogP) is 2.78. The molecule has 6 nitrogen and oxygen atoms in total. The van der Waals surface area contributed by atoms with Crippen molar-refractivity contribution < 1.29 is 9.13 Å². The highest BCUT2D eigenvalue weighted by Gasteiger charge is 2.07. The van der Waals surface area contributed by atoms with Gasteiger partial charge < -0.3 is 10.1 Å². The Kier molecular flexibility index (Phi) is 5.35. The standard InChI is InChI=1S/C18H20FN5O/c1-13(20-11-18-21-23-24(2)22-18)15-5-9-17(10-6-15)25-12-14-3-7-16(19)8-4-14/h3-10,13,20H,11-12H2,1-2H3/t13-/m0/s1. The molecule has 7 heteroatoms. The third-order valence-corrected chi connectivity index (χ3v) is 3.81. The molecule has 0 aliphatic rings. The summed E-state index contributed by atoms with van der Waals surface area (Å²) in [6.07, 6.45) is 0. The second-order valence-electron chi connectivity index (χ2n) is 5.78. The maximum Gasteiger partial charge on any atom is 0.188 e. The van der Waals surface area contributed by atoms with Crippen LogP contribution in [0, 0.1) is 5.82 Å². The summed E-state index contributed by atoms with van der Waals surface area (Å²) in [5, 5.41) is 15.3. The molecule has 1 aromatic heterocycles. The molecule has 1 atom stereocenters. The molecule has 0 radical (unpaired) electrons. The predicted molar refractivity (Wildman–Crippen MR) is 91.2 cm³/mol. The first-order chi connectivity index (χ1) is 12.1. The van der Waals surface area contributed by atoms with E-state index < -0.39 is 0 Å². The number of hydrogen-bond donors (Lipinski definition) is 1. The molecule has 1 heterocycles. The van der Waals surface area contributed by atoms with Gasteiger partial charge in [0.05, 0.1) is 13.6 Å². The summed E-state index contributed by atoms with van der Waals surface area (Å²) >= 11 is 0. The normalized spacial score (nSPS) is 12.1. The monoisotopic (exact) mass is 341 g/mol. The number of nitrogens with zero attached hydrogens (tertiary/aromatic N) is 4. The van der Waals surface area contributed by atoms with Gasteiger partial charge in [-0.1, -0.05) is 24.3 Å². The summed E-state index contributed by atoms with van der Waals surface area (Å²) in [7, 11) is 1.74. The molecule has 130 valence electrons. The van der Waals surface area contributed by atoms with Crippen molar-refractivity contribution >= 4 is 0 Å². The molecule has 2 aromatic carbocycles. The van der Waals surface area contributed by atoms with Crippen molar-refractivity contribution in [3.63, 3.8) is 0 Å². The number of halogens is 1. The summed E-state index contributed by atoms with van der Waals surface area (Å²) in [4.78, 5) is 1.44. The maximum absolute atomic E-state index is 12.9. The highest BCUT2D eigenvalue weighted by molar-refractivity contribution is 5.29. The maximum atomic E-state index is 12.9. The SMILES string of the molecule is C[C@H](NCc1nnn(C)n1)c1ccc(OCc2ccc(F)cc2)cc1. The van der Waals surface area contributed by atoms with E-state index in [2.05, 4.69) is 27.7 Å². The number of aryl methyl sites for hydroxylation is 1. The van der Waals surface area contributed by atoms with Gasteiger partial charge in [-0.15, -0.1) is 10.2 Å². The van der Waals surface area contributed by atoms with Gasteiger partial charge in [-0.2, -0.15) is 4.80 Å². The lowest BCUT2D eigenvalue weighted by molar-refractivity contribution is 0.306. The Hall–Kier alpha value is -2.80. The van der Waals surface area contributed by atoms with Crippen LogP contribution in [0.4, 0.5) is 4.39 Å². The average Bonchev–Trinajstić information content (AvgIpc) is 3.05. The zero-order chi connectivity index (χ0) is 17.6. The second kappa shape index (κ2) is 7.85. The molecule has 0 aliphatic carbocycles. The molecule has 0 spiro atoms. The second-order valence-corrected chi connectivity index (χ2v) is 5.78. The summed E-state index contributed by atoms with van der Waals surface area (Å²) < 4.78 is 18.6. The first-order valence-corrected chi connectivity index (χ1v) is 8.03. The van der Waals surface area contributed by atoms with Crippen LogP contribution in [0.15, 0.2) is 48.5 Å². The van der Waals surface area contributed by atoms with Crippen LogP contribution in [-0.4, -0.2) is 20.2 Å². The van der Waals surface area contributed by atoms with Gasteiger partial charge in [-0.05, 0) is 47.5 Å². The molecule has 0 fully saturated rings. The van der Waals surface area contributed by atoms with Crippen molar-refractivity contribution in [1.82, 2.24) is 25.5 Å². The van der Waals surface area contributed by atoms with E-state index in [1.165, 1.54) is 16.9 Å². The molecule has 0 unspecified atom stereocenters. The van der Waals surface area contributed by atoms with E-state index in [0.29, 0.717) is 19.0 Å². The minimum absolute atomic E-state index is 0.148. The van der Waals surface area contributed by atoms with Gasteiger partial charge in [0.1, 0.15) is 18.2 Å². The highest BCUT2D eigenvalue weighted by Crippen LogP contribution is 2.19. The van der Waals surface area contributed by atoms with Gasteiger partial charge in [0.25, 0.3) is 0 Å². The number of rotatable bonds is 7. The molecule has 0 saturated heterocycles. The molecular formula is C18H20FN5O. The zero-order valence-corrected chi connectivity index (χ0v) is 14.2. The highest BCUT2D eigenvalue weighted by atomic mass is 19.1. The summed E-state index contributed by atoms with van der Waals surface area (Å²) in [6.45, 7) is 3.04. The molecular weight excluding hydrogens is 321 g/mol. The molecule has 0 saturated carbocycles. The Bertz CT molecular complexity index is 801. The van der Waals surface area contributed by atoms with Gasteiger partial charge in [-0.3, -0.25) is 0 Å². The first-order valence-electron chi connectivity index (χ1n) is 8.03. The van der Waals surface area contributed by atoms with E-state index in [4.69, 9.17) is 4.74 Å². The fourth-order valence-corrected chi connectivity index (χ4v) is 2.36. The quantitative estimate of drug-likeness (QED) is 0.716. The zero-order valence-electron chi connectivity index (χ0n) is 14.2. The molecule has 0 amide bonds. The number of nitrogens with one attached hydrogen (secondary N) is 1. The van der Waals surface area contributed by atoms with Crippen LogP contribution in [0.1, 0.15) is 29.9 Å². The minimum atomic E-state index is -0.244. The Morgan fingerprint density at radius 1 is 1.12 bits per heavy atom. The Labute approximate surface area is 145 Å². The minimum Gasteiger partial charge on any atom is -0.489 e. The molecule has 25 heavy (non-hydrogen) atoms. The van der Waals surface area contributed by atoms with Crippen LogP contribution in [0.25, 0.3) is 0 Å². The number of tetrazole rings is 1. The third kappa shape index (κ3) is 4.84. The van der Waals surface area contributed by atoms with Crippen LogP contribution < -0.4 is 10.1 Å². The Morgan fingerprint density at radius 2 is 1.84 bits per heavy atom. The number of hydrogen-bond acceptors (Lipinski definition) is 5. The van der Waals surface area contributed by atoms with E-state index in [0.717, 1.165) is 16.9 Å². The van der Waals surface area contributed by atoms with Crippen LogP contribution in [0.3, 0.4) is 0 Å². The van der Waals surface area contributed by atoms with E-state index in [1.54, 1.807) is 19.2 Å². The van der Waals surface area contributed by atoms with E-state index in [-0.39, 0.29) is 11.9 Å². The van der Waals surface area contributed by atoms with Crippen molar-refractivity contribution in [1.29, 1.82) is 0 Å². The van der Waals surface area contributed by atoms with Crippen LogP contribution in [-0.2, 0) is 20.2 Å². The topological polar surface area (TPSA) is 64.9 Å². The summed E-state index contributed by atoms with van der Waals surface area (Å²) in [5.74, 6) is 1.19. The van der Waals surface area contributed by atoms with Crippen molar-refractivity contribution in [2.24, 2.45) is 7.05 Å². The smallest absolute Gasteiger partial charge is 0.188 e. The van der Waals surface area contributed by atoms with Gasteiger partial charge in [0.2, 0.25) is 0 Å². The Morgan fingerprint density at radius 3 is 2.48 bits per heavy atom. The van der Waals surface area contributed by atoms with Gasteiger partial charge in [-0.25, -0.2) is 4.39 Å². The van der Waals surface area contributed by atoms with Crippen molar-refractivity contribution in [3.05, 3.63) is 71.3 Å². The van der Waals surface area contributed by atoms with Crippen molar-refractivity contribution in [3.8, 4) is 5.75 Å². The molecule has 1 N–H and O–H groups in total. The number of aromatic nitrogens is 4. The van der Waals surface area contributed by atoms with Crippen molar-refractivity contribution in [2.75, 3.05) is 0 Å².